The summed E-state index contributed by atoms with van der Waals surface area (Å²) in [6, 6.07) is 12.6. The normalized spacial score (nSPS) is 14.1. The molecule has 0 bridgehead atoms. The van der Waals surface area contributed by atoms with E-state index in [1.807, 2.05) is 29.5 Å². The molecule has 0 N–H and O–H groups in total. The van der Waals surface area contributed by atoms with Crippen molar-refractivity contribution >= 4 is 22.2 Å². The second-order valence-electron chi connectivity index (χ2n) is 7.56. The van der Waals surface area contributed by atoms with E-state index >= 15 is 0 Å². The lowest BCUT2D eigenvalue weighted by molar-refractivity contribution is 0.572. The first-order chi connectivity index (χ1) is 12.5. The minimum atomic E-state index is 0.0476. The van der Waals surface area contributed by atoms with Crippen molar-refractivity contribution in [2.75, 3.05) is 5.01 Å². The molecule has 4 nitrogen and oxygen atoms in total. The summed E-state index contributed by atoms with van der Waals surface area (Å²) in [5.41, 5.74) is 5.97. The first-order valence-corrected chi connectivity index (χ1v) is 9.67. The zero-order valence-corrected chi connectivity index (χ0v) is 16.1. The van der Waals surface area contributed by atoms with Crippen molar-refractivity contribution in [3.63, 3.8) is 0 Å². The van der Waals surface area contributed by atoms with Crippen LogP contribution in [0.25, 0.3) is 0 Å². The Balaban J connectivity index is 1.71. The van der Waals surface area contributed by atoms with Gasteiger partial charge in [-0.15, -0.1) is 11.3 Å². The fraction of sp³-hybridized carbons (Fsp3) is 0.286. The monoisotopic (exact) mass is 362 g/mol. The van der Waals surface area contributed by atoms with Crippen LogP contribution < -0.4 is 5.01 Å². The van der Waals surface area contributed by atoms with Crippen LogP contribution in [0.3, 0.4) is 0 Å². The molecular formula is C21H22N4S. The van der Waals surface area contributed by atoms with Crippen LogP contribution in [0.4, 0.5) is 5.13 Å². The molecule has 0 aliphatic carbocycles. The number of fused-ring (bicyclic) bond motifs is 1. The summed E-state index contributed by atoms with van der Waals surface area (Å²) in [6.07, 6.45) is 4.45. The molecule has 5 heteroatoms. The zero-order valence-electron chi connectivity index (χ0n) is 15.3. The largest absolute Gasteiger partial charge is 0.265 e. The van der Waals surface area contributed by atoms with Gasteiger partial charge in [0.15, 0.2) is 0 Å². The molecule has 3 aromatic rings. The van der Waals surface area contributed by atoms with Crippen LogP contribution in [-0.4, -0.2) is 15.7 Å². The Kier molecular flexibility index (Phi) is 4.32. The average molecular weight is 363 g/mol. The molecular weight excluding hydrogens is 340 g/mol. The van der Waals surface area contributed by atoms with Crippen molar-refractivity contribution in [2.24, 2.45) is 5.10 Å². The lowest BCUT2D eigenvalue weighted by Crippen LogP contribution is -2.27. The number of hydrogen-bond donors (Lipinski definition) is 0. The summed E-state index contributed by atoms with van der Waals surface area (Å²) >= 11 is 1.66. The SMILES string of the molecule is CC(C)(C)c1csc(N2Cc3ccccc3C(Cc3ccncc3)=N2)n1. The molecule has 0 fully saturated rings. The van der Waals surface area contributed by atoms with Gasteiger partial charge in [-0.05, 0) is 23.3 Å². The molecule has 1 aliphatic heterocycles. The van der Waals surface area contributed by atoms with Crippen molar-refractivity contribution in [3.05, 3.63) is 76.6 Å². The molecule has 0 saturated carbocycles. The highest BCUT2D eigenvalue weighted by molar-refractivity contribution is 7.13. The quantitative estimate of drug-likeness (QED) is 0.672. The number of rotatable bonds is 3. The van der Waals surface area contributed by atoms with Gasteiger partial charge in [-0.25, -0.2) is 9.99 Å². The van der Waals surface area contributed by atoms with Crippen LogP contribution in [0.2, 0.25) is 0 Å². The Morgan fingerprint density at radius 1 is 1.08 bits per heavy atom. The molecule has 0 amide bonds. The van der Waals surface area contributed by atoms with Crippen molar-refractivity contribution < 1.29 is 0 Å². The van der Waals surface area contributed by atoms with E-state index < -0.39 is 0 Å². The maximum absolute atomic E-state index is 4.96. The van der Waals surface area contributed by atoms with Gasteiger partial charge in [-0.3, -0.25) is 4.98 Å². The molecule has 132 valence electrons. The van der Waals surface area contributed by atoms with Gasteiger partial charge < -0.3 is 0 Å². The molecule has 3 heterocycles. The Hall–Kier alpha value is -2.53. The molecule has 0 unspecified atom stereocenters. The highest BCUT2D eigenvalue weighted by Gasteiger charge is 2.24. The van der Waals surface area contributed by atoms with Crippen molar-refractivity contribution in [1.29, 1.82) is 0 Å². The Morgan fingerprint density at radius 3 is 2.58 bits per heavy atom. The fourth-order valence-corrected chi connectivity index (χ4v) is 4.00. The molecule has 0 spiro atoms. The van der Waals surface area contributed by atoms with Gasteiger partial charge in [-0.1, -0.05) is 45.0 Å². The van der Waals surface area contributed by atoms with E-state index in [-0.39, 0.29) is 5.41 Å². The maximum atomic E-state index is 4.96. The molecule has 1 aliphatic rings. The van der Waals surface area contributed by atoms with Crippen LogP contribution in [-0.2, 0) is 18.4 Å². The molecule has 0 saturated heterocycles. The first-order valence-electron chi connectivity index (χ1n) is 8.79. The second-order valence-corrected chi connectivity index (χ2v) is 8.40. The molecule has 2 aromatic heterocycles. The number of nitrogens with zero attached hydrogens (tertiary/aromatic N) is 4. The Labute approximate surface area is 158 Å². The number of thiazole rings is 1. The molecule has 4 rings (SSSR count). The summed E-state index contributed by atoms with van der Waals surface area (Å²) in [4.78, 5) is 8.96. The lowest BCUT2D eigenvalue weighted by atomic mass is 9.93. The van der Waals surface area contributed by atoms with Gasteiger partial charge in [0.05, 0.1) is 18.0 Å². The van der Waals surface area contributed by atoms with Crippen LogP contribution in [0, 0.1) is 0 Å². The smallest absolute Gasteiger partial charge is 0.206 e. The lowest BCUT2D eigenvalue weighted by Gasteiger charge is -2.26. The van der Waals surface area contributed by atoms with Crippen molar-refractivity contribution in [1.82, 2.24) is 9.97 Å². The Bertz CT molecular complexity index is 938. The predicted molar refractivity (Wildman–Crippen MR) is 108 cm³/mol. The van der Waals surface area contributed by atoms with Crippen LogP contribution in [0.5, 0.6) is 0 Å². The van der Waals surface area contributed by atoms with Crippen molar-refractivity contribution in [3.8, 4) is 0 Å². The predicted octanol–water partition coefficient (Wildman–Crippen LogP) is 4.80. The number of benzene rings is 1. The van der Waals surface area contributed by atoms with E-state index in [2.05, 4.69) is 55.4 Å². The van der Waals surface area contributed by atoms with Gasteiger partial charge in [0.1, 0.15) is 0 Å². The van der Waals surface area contributed by atoms with Gasteiger partial charge in [0.25, 0.3) is 0 Å². The van der Waals surface area contributed by atoms with Gasteiger partial charge in [0, 0.05) is 35.2 Å². The zero-order chi connectivity index (χ0) is 18.1. The fourth-order valence-electron chi connectivity index (χ4n) is 3.00. The summed E-state index contributed by atoms with van der Waals surface area (Å²) in [7, 11) is 0. The molecule has 0 atom stereocenters. The van der Waals surface area contributed by atoms with Gasteiger partial charge >= 0.3 is 0 Å². The number of pyridine rings is 1. The third-order valence-electron chi connectivity index (χ3n) is 4.49. The Morgan fingerprint density at radius 2 is 1.85 bits per heavy atom. The van der Waals surface area contributed by atoms with E-state index in [9.17, 15) is 0 Å². The van der Waals surface area contributed by atoms with E-state index in [1.165, 1.54) is 16.7 Å². The third-order valence-corrected chi connectivity index (χ3v) is 5.35. The van der Waals surface area contributed by atoms with E-state index in [0.717, 1.165) is 29.5 Å². The topological polar surface area (TPSA) is 41.4 Å². The first kappa shape index (κ1) is 16.9. The summed E-state index contributed by atoms with van der Waals surface area (Å²) in [6.45, 7) is 7.33. The summed E-state index contributed by atoms with van der Waals surface area (Å²) < 4.78 is 0. The molecule has 0 radical (unpaired) electrons. The number of hydrogen-bond acceptors (Lipinski definition) is 5. The third kappa shape index (κ3) is 3.40. The number of aromatic nitrogens is 2. The standard InChI is InChI=1S/C21H22N4S/c1-21(2,3)19-14-26-20(23-19)25-13-16-6-4-5-7-17(16)18(24-25)12-15-8-10-22-11-9-15/h4-11,14H,12-13H2,1-3H3. The minimum Gasteiger partial charge on any atom is -0.265 e. The summed E-state index contributed by atoms with van der Waals surface area (Å²) in [5.74, 6) is 0. The highest BCUT2D eigenvalue weighted by atomic mass is 32.1. The second kappa shape index (κ2) is 6.65. The number of anilines is 1. The average Bonchev–Trinajstić information content (AvgIpc) is 3.13. The number of hydrazone groups is 1. The van der Waals surface area contributed by atoms with Crippen LogP contribution in [0.15, 0.2) is 59.3 Å². The summed E-state index contributed by atoms with van der Waals surface area (Å²) in [5, 5.41) is 10.1. The van der Waals surface area contributed by atoms with Gasteiger partial charge in [0.2, 0.25) is 5.13 Å². The van der Waals surface area contributed by atoms with Crippen molar-refractivity contribution in [2.45, 2.75) is 39.2 Å². The van der Waals surface area contributed by atoms with Crippen LogP contribution in [0.1, 0.15) is 43.2 Å². The van der Waals surface area contributed by atoms with E-state index in [4.69, 9.17) is 10.1 Å². The van der Waals surface area contributed by atoms with Crippen LogP contribution >= 0.6 is 11.3 Å². The maximum Gasteiger partial charge on any atom is 0.206 e. The highest BCUT2D eigenvalue weighted by Crippen LogP contribution is 2.32. The molecule has 1 aromatic carbocycles. The van der Waals surface area contributed by atoms with E-state index in [0.29, 0.717) is 0 Å². The minimum absolute atomic E-state index is 0.0476. The van der Waals surface area contributed by atoms with Gasteiger partial charge in [-0.2, -0.15) is 5.10 Å². The molecule has 26 heavy (non-hydrogen) atoms. The van der Waals surface area contributed by atoms with E-state index in [1.54, 1.807) is 11.3 Å².